The normalized spacial score (nSPS) is 12.1. The third-order valence-corrected chi connectivity index (χ3v) is 5.03. The number of benzene rings is 1. The minimum absolute atomic E-state index is 0.0448. The molecule has 0 fully saturated rings. The summed E-state index contributed by atoms with van der Waals surface area (Å²) in [7, 11) is -3.50. The van der Waals surface area contributed by atoms with Gasteiger partial charge in [-0.25, -0.2) is 8.42 Å². The summed E-state index contributed by atoms with van der Waals surface area (Å²) in [4.78, 5) is 12.1. The number of sulfonamides is 1. The maximum Gasteiger partial charge on any atom is 0.243 e. The van der Waals surface area contributed by atoms with Gasteiger partial charge in [-0.2, -0.15) is 4.31 Å². The van der Waals surface area contributed by atoms with Gasteiger partial charge >= 0.3 is 0 Å². The average molecular weight is 283 g/mol. The maximum absolute atomic E-state index is 12.4. The summed E-state index contributed by atoms with van der Waals surface area (Å²) in [5, 5.41) is 0. The van der Waals surface area contributed by atoms with E-state index in [1.807, 2.05) is 0 Å². The summed E-state index contributed by atoms with van der Waals surface area (Å²) in [5.41, 5.74) is 0.447. The van der Waals surface area contributed by atoms with Crippen LogP contribution in [0.1, 0.15) is 38.1 Å². The Bertz CT molecular complexity index is 546. The maximum atomic E-state index is 12.4. The van der Waals surface area contributed by atoms with Gasteiger partial charge in [0.25, 0.3) is 0 Å². The zero-order valence-electron chi connectivity index (χ0n) is 11.9. The quantitative estimate of drug-likeness (QED) is 0.754. The van der Waals surface area contributed by atoms with Crippen molar-refractivity contribution in [3.05, 3.63) is 29.8 Å². The molecule has 1 aromatic rings. The summed E-state index contributed by atoms with van der Waals surface area (Å²) in [5.74, 6) is -0.192. The lowest BCUT2D eigenvalue weighted by Gasteiger charge is -2.18. The predicted octanol–water partition coefficient (Wildman–Crippen LogP) is 2.56. The number of hydrogen-bond acceptors (Lipinski definition) is 3. The van der Waals surface area contributed by atoms with Gasteiger partial charge in [0.2, 0.25) is 10.0 Å². The number of rotatable bonds is 6. The first kappa shape index (κ1) is 15.9. The van der Waals surface area contributed by atoms with Gasteiger partial charge in [-0.05, 0) is 12.1 Å². The van der Waals surface area contributed by atoms with Gasteiger partial charge in [-0.1, -0.05) is 39.8 Å². The molecule has 0 aliphatic carbocycles. The number of Topliss-reactive ketones (excluding diaryl/α,β-unsaturated/α-hetero) is 1. The van der Waals surface area contributed by atoms with E-state index in [4.69, 9.17) is 0 Å². The summed E-state index contributed by atoms with van der Waals surface area (Å²) >= 11 is 0. The van der Waals surface area contributed by atoms with Gasteiger partial charge in [0, 0.05) is 24.6 Å². The highest BCUT2D eigenvalue weighted by atomic mass is 32.2. The molecule has 0 N–H and O–H groups in total. The molecule has 19 heavy (non-hydrogen) atoms. The molecule has 0 aromatic heterocycles. The first-order chi connectivity index (χ1) is 8.84. The Kier molecular flexibility index (Phi) is 5.26. The number of carbonyl (C=O) groups is 1. The van der Waals surface area contributed by atoms with Crippen molar-refractivity contribution in [2.75, 3.05) is 13.1 Å². The third-order valence-electron chi connectivity index (χ3n) is 2.99. The molecule has 0 unspecified atom stereocenters. The van der Waals surface area contributed by atoms with E-state index in [1.54, 1.807) is 39.8 Å². The molecule has 0 saturated carbocycles. The second kappa shape index (κ2) is 6.30. The first-order valence-corrected chi connectivity index (χ1v) is 7.93. The number of ketones is 1. The largest absolute Gasteiger partial charge is 0.294 e. The van der Waals surface area contributed by atoms with Crippen molar-refractivity contribution in [1.82, 2.24) is 4.31 Å². The van der Waals surface area contributed by atoms with Gasteiger partial charge in [0.05, 0.1) is 4.90 Å². The summed E-state index contributed by atoms with van der Waals surface area (Å²) in [6.07, 6.45) is 0. The molecule has 1 aromatic carbocycles. The molecule has 0 atom stereocenters. The highest BCUT2D eigenvalue weighted by Crippen LogP contribution is 2.18. The molecule has 0 heterocycles. The van der Waals surface area contributed by atoms with E-state index in [1.165, 1.54) is 16.4 Å². The van der Waals surface area contributed by atoms with Crippen LogP contribution in [0.15, 0.2) is 29.2 Å². The number of hydrogen-bond donors (Lipinski definition) is 0. The molecule has 4 nitrogen and oxygen atoms in total. The average Bonchev–Trinajstić information content (AvgIpc) is 2.39. The Hall–Kier alpha value is -1.20. The molecule has 0 bridgehead atoms. The highest BCUT2D eigenvalue weighted by molar-refractivity contribution is 7.89. The van der Waals surface area contributed by atoms with Gasteiger partial charge < -0.3 is 0 Å². The van der Waals surface area contributed by atoms with Crippen LogP contribution in [0.2, 0.25) is 0 Å². The smallest absolute Gasteiger partial charge is 0.243 e. The molecular formula is C14H21NO3S. The highest BCUT2D eigenvalue weighted by Gasteiger charge is 2.22. The van der Waals surface area contributed by atoms with E-state index in [-0.39, 0.29) is 16.6 Å². The van der Waals surface area contributed by atoms with Crippen LogP contribution in [0.25, 0.3) is 0 Å². The second-order valence-electron chi connectivity index (χ2n) is 4.64. The molecule has 0 aliphatic heterocycles. The summed E-state index contributed by atoms with van der Waals surface area (Å²) < 4.78 is 26.1. The summed E-state index contributed by atoms with van der Waals surface area (Å²) in [6, 6.07) is 6.27. The Labute approximate surface area is 115 Å². The number of nitrogens with zero attached hydrogens (tertiary/aromatic N) is 1. The molecule has 0 radical (unpaired) electrons. The van der Waals surface area contributed by atoms with Crippen molar-refractivity contribution in [2.24, 2.45) is 5.92 Å². The van der Waals surface area contributed by atoms with Gasteiger partial charge in [0.15, 0.2) is 5.78 Å². The fraction of sp³-hybridized carbons (Fsp3) is 0.500. The van der Waals surface area contributed by atoms with E-state index < -0.39 is 10.0 Å². The van der Waals surface area contributed by atoms with Crippen molar-refractivity contribution < 1.29 is 13.2 Å². The van der Waals surface area contributed by atoms with Gasteiger partial charge in [-0.3, -0.25) is 4.79 Å². The van der Waals surface area contributed by atoms with Crippen LogP contribution < -0.4 is 0 Å². The SMILES string of the molecule is CCN(CC)S(=O)(=O)c1cccc(C(=O)C(C)C)c1. The standard InChI is InChI=1S/C14H21NO3S/c1-5-15(6-2)19(17,18)13-9-7-8-12(10-13)14(16)11(3)4/h7-11H,5-6H2,1-4H3. The minimum Gasteiger partial charge on any atom is -0.294 e. The Morgan fingerprint density at radius 1 is 1.21 bits per heavy atom. The van der Waals surface area contributed by atoms with Crippen LogP contribution in [0, 0.1) is 5.92 Å². The van der Waals surface area contributed by atoms with Crippen molar-refractivity contribution in [3.63, 3.8) is 0 Å². The molecular weight excluding hydrogens is 262 g/mol. The topological polar surface area (TPSA) is 54.5 Å². The fourth-order valence-electron chi connectivity index (χ4n) is 1.86. The lowest BCUT2D eigenvalue weighted by atomic mass is 10.0. The van der Waals surface area contributed by atoms with Crippen LogP contribution in [0.5, 0.6) is 0 Å². The first-order valence-electron chi connectivity index (χ1n) is 6.49. The molecule has 0 saturated heterocycles. The van der Waals surface area contributed by atoms with Gasteiger partial charge in [-0.15, -0.1) is 0 Å². The van der Waals surface area contributed by atoms with E-state index in [9.17, 15) is 13.2 Å². The van der Waals surface area contributed by atoms with Crippen LogP contribution in [-0.4, -0.2) is 31.6 Å². The molecule has 0 amide bonds. The molecule has 5 heteroatoms. The number of carbonyl (C=O) groups excluding carboxylic acids is 1. The van der Waals surface area contributed by atoms with E-state index in [0.29, 0.717) is 18.7 Å². The van der Waals surface area contributed by atoms with E-state index >= 15 is 0 Å². The zero-order valence-corrected chi connectivity index (χ0v) is 12.7. The van der Waals surface area contributed by atoms with E-state index in [0.717, 1.165) is 0 Å². The molecule has 1 rings (SSSR count). The van der Waals surface area contributed by atoms with Crippen molar-refractivity contribution in [2.45, 2.75) is 32.6 Å². The Morgan fingerprint density at radius 3 is 2.26 bits per heavy atom. The minimum atomic E-state index is -3.50. The lowest BCUT2D eigenvalue weighted by Crippen LogP contribution is -2.30. The molecule has 106 valence electrons. The van der Waals surface area contributed by atoms with Crippen LogP contribution in [0.4, 0.5) is 0 Å². The van der Waals surface area contributed by atoms with E-state index in [2.05, 4.69) is 0 Å². The van der Waals surface area contributed by atoms with Crippen molar-refractivity contribution in [3.8, 4) is 0 Å². The van der Waals surface area contributed by atoms with Crippen LogP contribution in [0.3, 0.4) is 0 Å². The zero-order chi connectivity index (χ0) is 14.6. The monoisotopic (exact) mass is 283 g/mol. The fourth-order valence-corrected chi connectivity index (χ4v) is 3.36. The van der Waals surface area contributed by atoms with Crippen LogP contribution in [-0.2, 0) is 10.0 Å². The lowest BCUT2D eigenvalue weighted by molar-refractivity contribution is 0.0939. The van der Waals surface area contributed by atoms with Crippen molar-refractivity contribution in [1.29, 1.82) is 0 Å². The second-order valence-corrected chi connectivity index (χ2v) is 6.57. The van der Waals surface area contributed by atoms with Crippen LogP contribution >= 0.6 is 0 Å². The third kappa shape index (κ3) is 3.42. The van der Waals surface area contributed by atoms with Gasteiger partial charge in [0.1, 0.15) is 0 Å². The van der Waals surface area contributed by atoms with Crippen molar-refractivity contribution >= 4 is 15.8 Å². The predicted molar refractivity (Wildman–Crippen MR) is 75.7 cm³/mol. The Morgan fingerprint density at radius 2 is 1.79 bits per heavy atom. The molecule has 0 aliphatic rings. The Balaban J connectivity index is 3.23. The summed E-state index contributed by atoms with van der Waals surface area (Å²) in [6.45, 7) is 8.03. The molecule has 0 spiro atoms.